The van der Waals surface area contributed by atoms with Gasteiger partial charge in [-0.1, -0.05) is 24.3 Å². The van der Waals surface area contributed by atoms with Crippen LogP contribution in [0.5, 0.6) is 0 Å². The maximum atomic E-state index is 5.29. The van der Waals surface area contributed by atoms with Crippen LogP contribution in [0.1, 0.15) is 12.8 Å². The molecule has 2 heterocycles. The predicted molar refractivity (Wildman–Crippen MR) is 114 cm³/mol. The molecule has 1 aromatic heterocycles. The maximum Gasteiger partial charge on any atom is 0.133 e. The number of hydrogen-bond acceptors (Lipinski definition) is 6. The molecule has 1 fully saturated rings. The summed E-state index contributed by atoms with van der Waals surface area (Å²) in [5.74, 6) is 0.992. The van der Waals surface area contributed by atoms with E-state index in [0.717, 1.165) is 58.2 Å². The van der Waals surface area contributed by atoms with E-state index < -0.39 is 0 Å². The molecule has 1 aliphatic heterocycles. The summed E-state index contributed by atoms with van der Waals surface area (Å²) in [5.41, 5.74) is 5.29. The average molecular weight is 367 g/mol. The molecule has 0 atom stereocenters. The third-order valence-corrected chi connectivity index (χ3v) is 4.92. The highest BCUT2D eigenvalue weighted by atomic mass is 15.3. The number of allylic oxidation sites excluding steroid dienone is 1. The zero-order chi connectivity index (χ0) is 18.7. The van der Waals surface area contributed by atoms with Crippen LogP contribution in [0.3, 0.4) is 0 Å². The number of aliphatic imine (C=N–C) groups is 1. The number of unbranched alkanes of at least 4 members (excludes halogenated alkanes) is 1. The number of nitrogens with two attached hydrogens (primary N) is 1. The minimum atomic E-state index is 0.764. The number of nitrogens with zero attached hydrogens (tertiary/aromatic N) is 4. The fourth-order valence-electron chi connectivity index (χ4n) is 3.36. The van der Waals surface area contributed by atoms with Gasteiger partial charge in [-0.3, -0.25) is 9.89 Å². The SMILES string of the molecule is N/C=C\C=N/CN1CCN(CCCCNc2nccc3ccccc23)CC1. The molecule has 1 saturated heterocycles. The largest absolute Gasteiger partial charge is 0.405 e. The monoisotopic (exact) mass is 366 g/mol. The first-order valence-corrected chi connectivity index (χ1v) is 9.76. The van der Waals surface area contributed by atoms with E-state index >= 15 is 0 Å². The van der Waals surface area contributed by atoms with Crippen molar-refractivity contribution >= 4 is 22.8 Å². The van der Waals surface area contributed by atoms with Crippen LogP contribution < -0.4 is 11.1 Å². The molecule has 1 aromatic carbocycles. The number of anilines is 1. The van der Waals surface area contributed by atoms with Crippen molar-refractivity contribution in [3.05, 3.63) is 48.8 Å². The van der Waals surface area contributed by atoms with Gasteiger partial charge in [0.05, 0.1) is 6.67 Å². The van der Waals surface area contributed by atoms with Gasteiger partial charge in [0.15, 0.2) is 0 Å². The molecule has 0 bridgehead atoms. The van der Waals surface area contributed by atoms with Gasteiger partial charge in [0, 0.05) is 50.5 Å². The molecule has 0 saturated carbocycles. The van der Waals surface area contributed by atoms with E-state index in [-0.39, 0.29) is 0 Å². The Balaban J connectivity index is 1.31. The second-order valence-corrected chi connectivity index (χ2v) is 6.83. The lowest BCUT2D eigenvalue weighted by Crippen LogP contribution is -2.46. The first-order chi connectivity index (χ1) is 13.4. The summed E-state index contributed by atoms with van der Waals surface area (Å²) in [6.45, 7) is 7.31. The summed E-state index contributed by atoms with van der Waals surface area (Å²) < 4.78 is 0. The molecular weight excluding hydrogens is 336 g/mol. The van der Waals surface area contributed by atoms with Crippen molar-refractivity contribution in [1.82, 2.24) is 14.8 Å². The summed E-state index contributed by atoms with van der Waals surface area (Å²) in [5, 5.41) is 5.93. The highest BCUT2D eigenvalue weighted by Gasteiger charge is 2.15. The Morgan fingerprint density at radius 1 is 1.07 bits per heavy atom. The van der Waals surface area contributed by atoms with Crippen LogP contribution in [0, 0.1) is 0 Å². The Labute approximate surface area is 161 Å². The summed E-state index contributed by atoms with van der Waals surface area (Å²) >= 11 is 0. The first-order valence-electron chi connectivity index (χ1n) is 9.76. The van der Waals surface area contributed by atoms with E-state index in [9.17, 15) is 0 Å². The maximum absolute atomic E-state index is 5.29. The molecule has 0 unspecified atom stereocenters. The van der Waals surface area contributed by atoms with Crippen molar-refractivity contribution in [3.8, 4) is 0 Å². The molecular formula is C21H30N6. The third kappa shape index (κ3) is 6.05. The van der Waals surface area contributed by atoms with E-state index in [1.165, 1.54) is 23.4 Å². The van der Waals surface area contributed by atoms with Crippen molar-refractivity contribution in [2.75, 3.05) is 51.3 Å². The van der Waals surface area contributed by atoms with E-state index in [4.69, 9.17) is 5.73 Å². The van der Waals surface area contributed by atoms with Gasteiger partial charge in [0.1, 0.15) is 5.82 Å². The van der Waals surface area contributed by atoms with E-state index in [2.05, 4.69) is 55.4 Å². The number of pyridine rings is 1. The topological polar surface area (TPSA) is 69.8 Å². The highest BCUT2D eigenvalue weighted by molar-refractivity contribution is 5.91. The molecule has 3 N–H and O–H groups in total. The third-order valence-electron chi connectivity index (χ3n) is 4.92. The zero-order valence-corrected chi connectivity index (χ0v) is 15.9. The molecule has 0 aliphatic carbocycles. The molecule has 144 valence electrons. The smallest absolute Gasteiger partial charge is 0.133 e. The van der Waals surface area contributed by atoms with Gasteiger partial charge in [-0.15, -0.1) is 0 Å². The molecule has 0 amide bonds. The zero-order valence-electron chi connectivity index (χ0n) is 15.9. The Morgan fingerprint density at radius 3 is 2.74 bits per heavy atom. The molecule has 0 radical (unpaired) electrons. The van der Waals surface area contributed by atoms with Crippen molar-refractivity contribution in [3.63, 3.8) is 0 Å². The van der Waals surface area contributed by atoms with Crippen LogP contribution in [0.4, 0.5) is 5.82 Å². The van der Waals surface area contributed by atoms with E-state index in [1.807, 2.05) is 6.20 Å². The van der Waals surface area contributed by atoms with Crippen molar-refractivity contribution in [2.45, 2.75) is 12.8 Å². The van der Waals surface area contributed by atoms with Gasteiger partial charge >= 0.3 is 0 Å². The number of fused-ring (bicyclic) bond motifs is 1. The number of benzene rings is 1. The van der Waals surface area contributed by atoms with Crippen LogP contribution in [-0.4, -0.2) is 66.9 Å². The second-order valence-electron chi connectivity index (χ2n) is 6.83. The Morgan fingerprint density at radius 2 is 1.89 bits per heavy atom. The Kier molecular flexibility index (Phi) is 7.62. The fraction of sp³-hybridized carbons (Fsp3) is 0.429. The van der Waals surface area contributed by atoms with Gasteiger partial charge in [0.2, 0.25) is 0 Å². The van der Waals surface area contributed by atoms with Crippen LogP contribution >= 0.6 is 0 Å². The lowest BCUT2D eigenvalue weighted by molar-refractivity contribution is 0.134. The number of hydrogen-bond donors (Lipinski definition) is 2. The van der Waals surface area contributed by atoms with Gasteiger partial charge in [0.25, 0.3) is 0 Å². The van der Waals surface area contributed by atoms with Crippen molar-refractivity contribution < 1.29 is 0 Å². The van der Waals surface area contributed by atoms with E-state index in [0.29, 0.717) is 0 Å². The van der Waals surface area contributed by atoms with Gasteiger partial charge in [-0.25, -0.2) is 4.98 Å². The van der Waals surface area contributed by atoms with Crippen LogP contribution in [0.25, 0.3) is 10.8 Å². The van der Waals surface area contributed by atoms with Crippen LogP contribution in [0.15, 0.2) is 53.8 Å². The van der Waals surface area contributed by atoms with Crippen molar-refractivity contribution in [2.24, 2.45) is 10.7 Å². The quantitative estimate of drug-likeness (QED) is 0.527. The molecule has 27 heavy (non-hydrogen) atoms. The van der Waals surface area contributed by atoms with Crippen LogP contribution in [-0.2, 0) is 0 Å². The Bertz CT molecular complexity index is 744. The molecule has 3 rings (SSSR count). The highest BCUT2D eigenvalue weighted by Crippen LogP contribution is 2.20. The number of aromatic nitrogens is 1. The summed E-state index contributed by atoms with van der Waals surface area (Å²) in [6, 6.07) is 10.4. The lowest BCUT2D eigenvalue weighted by Gasteiger charge is -2.33. The molecule has 2 aromatic rings. The number of rotatable bonds is 9. The van der Waals surface area contributed by atoms with E-state index in [1.54, 1.807) is 12.3 Å². The molecule has 0 spiro atoms. The number of piperazine rings is 1. The number of nitrogens with one attached hydrogen (secondary N) is 1. The molecule has 1 aliphatic rings. The van der Waals surface area contributed by atoms with Crippen molar-refractivity contribution in [1.29, 1.82) is 0 Å². The molecule has 6 nitrogen and oxygen atoms in total. The standard InChI is InChI=1S/C21H30N6/c22-9-5-10-23-18-27-16-14-26(15-17-27)13-4-3-11-24-21-20-7-2-1-6-19(20)8-12-25-21/h1-2,5-10,12H,3-4,11,13-18,22H2,(H,24,25)/b9-5-,23-10-. The van der Waals surface area contributed by atoms with Crippen LogP contribution in [0.2, 0.25) is 0 Å². The minimum absolute atomic E-state index is 0.764. The van der Waals surface area contributed by atoms with Gasteiger partial charge in [-0.05, 0) is 43.1 Å². The normalized spacial score (nSPS) is 16.6. The minimum Gasteiger partial charge on any atom is -0.405 e. The molecule has 6 heteroatoms. The second kappa shape index (κ2) is 10.6. The summed E-state index contributed by atoms with van der Waals surface area (Å²) in [4.78, 5) is 13.8. The summed E-state index contributed by atoms with van der Waals surface area (Å²) in [6.07, 6.45) is 9.27. The first kappa shape index (κ1) is 19.3. The van der Waals surface area contributed by atoms with Gasteiger partial charge in [-0.2, -0.15) is 0 Å². The van der Waals surface area contributed by atoms with Gasteiger partial charge < -0.3 is 16.0 Å². The predicted octanol–water partition coefficient (Wildman–Crippen LogP) is 2.55. The average Bonchev–Trinajstić information content (AvgIpc) is 2.72. The fourth-order valence-corrected chi connectivity index (χ4v) is 3.36. The Hall–Kier alpha value is -2.44. The lowest BCUT2D eigenvalue weighted by atomic mass is 10.1. The summed E-state index contributed by atoms with van der Waals surface area (Å²) in [7, 11) is 0.